The van der Waals surface area contributed by atoms with Gasteiger partial charge in [0.2, 0.25) is 0 Å². The number of hydrogen-bond acceptors (Lipinski definition) is 4. The third kappa shape index (κ3) is 4.36. The van der Waals surface area contributed by atoms with E-state index in [4.69, 9.17) is 4.74 Å². The van der Waals surface area contributed by atoms with Crippen molar-refractivity contribution in [2.75, 3.05) is 39.8 Å². The van der Waals surface area contributed by atoms with Crippen LogP contribution in [0.15, 0.2) is 53.3 Å². The SMILES string of the molecule is COc1ccc2[se]n(CCN3CCN(Cc4ccccc4)CC3)c(=O)c2c1. The summed E-state index contributed by atoms with van der Waals surface area (Å²) in [5, 5.41) is 0.821. The molecule has 5 nitrogen and oxygen atoms in total. The summed E-state index contributed by atoms with van der Waals surface area (Å²) in [5.74, 6) is 0.759. The van der Waals surface area contributed by atoms with E-state index in [1.165, 1.54) is 9.82 Å². The summed E-state index contributed by atoms with van der Waals surface area (Å²) in [7, 11) is 1.64. The van der Waals surface area contributed by atoms with Crippen molar-refractivity contribution in [3.05, 3.63) is 64.4 Å². The van der Waals surface area contributed by atoms with Crippen LogP contribution in [0.3, 0.4) is 0 Å². The molecule has 142 valence electrons. The van der Waals surface area contributed by atoms with Crippen molar-refractivity contribution in [2.24, 2.45) is 0 Å². The number of methoxy groups -OCH3 is 1. The maximum absolute atomic E-state index is 12.7. The van der Waals surface area contributed by atoms with Crippen LogP contribution in [-0.4, -0.2) is 67.9 Å². The van der Waals surface area contributed by atoms with Crippen molar-refractivity contribution in [1.29, 1.82) is 0 Å². The Bertz CT molecular complexity index is 943. The van der Waals surface area contributed by atoms with E-state index < -0.39 is 0 Å². The molecule has 1 fully saturated rings. The topological polar surface area (TPSA) is 37.7 Å². The third-order valence-electron chi connectivity index (χ3n) is 5.19. The molecule has 0 N–H and O–H groups in total. The van der Waals surface area contributed by atoms with E-state index in [0.717, 1.165) is 56.9 Å². The van der Waals surface area contributed by atoms with E-state index in [-0.39, 0.29) is 20.3 Å². The van der Waals surface area contributed by atoms with Gasteiger partial charge in [0.25, 0.3) is 0 Å². The van der Waals surface area contributed by atoms with Crippen LogP contribution in [0.4, 0.5) is 0 Å². The van der Waals surface area contributed by atoms with E-state index in [1.807, 2.05) is 21.8 Å². The average molecular weight is 430 g/mol. The molecule has 1 aliphatic heterocycles. The van der Waals surface area contributed by atoms with E-state index in [2.05, 4.69) is 40.1 Å². The van der Waals surface area contributed by atoms with Gasteiger partial charge in [-0.05, 0) is 0 Å². The summed E-state index contributed by atoms with van der Waals surface area (Å²) in [4.78, 5) is 17.6. The molecule has 0 radical (unpaired) electrons. The molecule has 6 heteroatoms. The van der Waals surface area contributed by atoms with Gasteiger partial charge in [0, 0.05) is 0 Å². The van der Waals surface area contributed by atoms with Gasteiger partial charge in [0.15, 0.2) is 0 Å². The van der Waals surface area contributed by atoms with Gasteiger partial charge in [0.1, 0.15) is 0 Å². The van der Waals surface area contributed by atoms with Gasteiger partial charge in [-0.2, -0.15) is 0 Å². The number of hydrogen-bond donors (Lipinski definition) is 0. The normalized spacial score (nSPS) is 16.0. The van der Waals surface area contributed by atoms with Gasteiger partial charge in [-0.3, -0.25) is 0 Å². The number of fused-ring (bicyclic) bond motifs is 1. The Hall–Kier alpha value is -1.85. The number of benzene rings is 2. The monoisotopic (exact) mass is 431 g/mol. The summed E-state index contributed by atoms with van der Waals surface area (Å²) in [6.45, 7) is 7.12. The predicted octanol–water partition coefficient (Wildman–Crippen LogP) is 1.88. The first-order valence-corrected chi connectivity index (χ1v) is 11.0. The zero-order valence-corrected chi connectivity index (χ0v) is 17.3. The van der Waals surface area contributed by atoms with Crippen LogP contribution in [0, 0.1) is 0 Å². The first-order chi connectivity index (χ1) is 13.2. The second kappa shape index (κ2) is 8.44. The molecular formula is C21H25N3O2Se. The van der Waals surface area contributed by atoms with Crippen LogP contribution in [0.2, 0.25) is 0 Å². The van der Waals surface area contributed by atoms with E-state index >= 15 is 0 Å². The second-order valence-electron chi connectivity index (χ2n) is 6.96. The molecule has 2 heterocycles. The van der Waals surface area contributed by atoms with Crippen molar-refractivity contribution in [3.63, 3.8) is 0 Å². The van der Waals surface area contributed by atoms with Crippen LogP contribution in [0.1, 0.15) is 5.56 Å². The maximum atomic E-state index is 12.7. The van der Waals surface area contributed by atoms with Gasteiger partial charge in [-0.25, -0.2) is 0 Å². The molecule has 0 spiro atoms. The molecule has 0 unspecified atom stereocenters. The van der Waals surface area contributed by atoms with E-state index in [1.54, 1.807) is 7.11 Å². The summed E-state index contributed by atoms with van der Waals surface area (Å²) in [5.41, 5.74) is 1.54. The Morgan fingerprint density at radius 2 is 1.70 bits per heavy atom. The van der Waals surface area contributed by atoms with Crippen molar-refractivity contribution in [1.82, 2.24) is 13.4 Å². The summed E-state index contributed by atoms with van der Waals surface area (Å²) in [6.07, 6.45) is 0. The zero-order chi connectivity index (χ0) is 18.6. The van der Waals surface area contributed by atoms with Gasteiger partial charge in [-0.15, -0.1) is 0 Å². The molecule has 0 bridgehead atoms. The quantitative estimate of drug-likeness (QED) is 0.560. The zero-order valence-electron chi connectivity index (χ0n) is 15.6. The fourth-order valence-electron chi connectivity index (χ4n) is 3.57. The Morgan fingerprint density at radius 1 is 0.963 bits per heavy atom. The summed E-state index contributed by atoms with van der Waals surface area (Å²) in [6, 6.07) is 16.5. The molecule has 0 atom stereocenters. The van der Waals surface area contributed by atoms with Crippen LogP contribution in [-0.2, 0) is 13.1 Å². The molecule has 3 aromatic rings. The third-order valence-corrected chi connectivity index (χ3v) is 7.54. The fraction of sp³-hybridized carbons (Fsp3) is 0.381. The Kier molecular flexibility index (Phi) is 5.79. The first-order valence-electron chi connectivity index (χ1n) is 9.39. The molecular weight excluding hydrogens is 405 g/mol. The number of piperazine rings is 1. The van der Waals surface area contributed by atoms with E-state index in [9.17, 15) is 4.79 Å². The Labute approximate surface area is 165 Å². The average Bonchev–Trinajstić information content (AvgIpc) is 3.03. The van der Waals surface area contributed by atoms with Crippen molar-refractivity contribution in [3.8, 4) is 5.75 Å². The fourth-order valence-corrected chi connectivity index (χ4v) is 5.59. The molecule has 0 saturated carbocycles. The minimum atomic E-state index is 0.0911. The minimum absolute atomic E-state index is 0.0911. The van der Waals surface area contributed by atoms with Gasteiger partial charge in [-0.1, -0.05) is 0 Å². The van der Waals surface area contributed by atoms with Gasteiger partial charge in [0.05, 0.1) is 0 Å². The standard InChI is InChI=1S/C21H25N3O2Se/c1-26-18-7-8-20-19(15-18)21(25)24(27-20)14-13-22-9-11-23(12-10-22)16-17-5-3-2-4-6-17/h2-8,15H,9-14,16H2,1H3. The Balaban J connectivity index is 1.32. The van der Waals surface area contributed by atoms with E-state index in [0.29, 0.717) is 0 Å². The summed E-state index contributed by atoms with van der Waals surface area (Å²) < 4.78 is 8.44. The summed E-state index contributed by atoms with van der Waals surface area (Å²) >= 11 is 0.0911. The molecule has 27 heavy (non-hydrogen) atoms. The number of aromatic nitrogens is 1. The first kappa shape index (κ1) is 18.5. The number of ether oxygens (including phenoxy) is 1. The van der Waals surface area contributed by atoms with Crippen LogP contribution in [0.25, 0.3) is 9.65 Å². The number of rotatable bonds is 6. The molecule has 4 rings (SSSR count). The molecule has 0 aliphatic carbocycles. The Morgan fingerprint density at radius 3 is 2.44 bits per heavy atom. The predicted molar refractivity (Wildman–Crippen MR) is 110 cm³/mol. The molecule has 1 aliphatic rings. The van der Waals surface area contributed by atoms with Crippen molar-refractivity contribution in [2.45, 2.75) is 13.1 Å². The van der Waals surface area contributed by atoms with Crippen LogP contribution >= 0.6 is 0 Å². The van der Waals surface area contributed by atoms with Crippen molar-refractivity contribution >= 4 is 24.4 Å². The number of nitrogens with zero attached hydrogens (tertiary/aromatic N) is 3. The van der Waals surface area contributed by atoms with Crippen molar-refractivity contribution < 1.29 is 4.74 Å². The molecule has 1 saturated heterocycles. The van der Waals surface area contributed by atoms with Gasteiger partial charge >= 0.3 is 166 Å². The van der Waals surface area contributed by atoms with Crippen LogP contribution in [0.5, 0.6) is 5.75 Å². The van der Waals surface area contributed by atoms with Gasteiger partial charge < -0.3 is 0 Å². The molecule has 1 aromatic heterocycles. The molecule has 2 aromatic carbocycles. The second-order valence-corrected chi connectivity index (χ2v) is 9.19. The van der Waals surface area contributed by atoms with Crippen LogP contribution < -0.4 is 10.3 Å². The molecule has 0 amide bonds.